The summed E-state index contributed by atoms with van der Waals surface area (Å²) in [6, 6.07) is 10.5. The van der Waals surface area contributed by atoms with Crippen molar-refractivity contribution in [3.63, 3.8) is 0 Å². The molecule has 0 spiro atoms. The van der Waals surface area contributed by atoms with Gasteiger partial charge in [-0.2, -0.15) is 0 Å². The van der Waals surface area contributed by atoms with Gasteiger partial charge in [-0.3, -0.25) is 4.90 Å². The van der Waals surface area contributed by atoms with Crippen LogP contribution in [0.25, 0.3) is 0 Å². The third-order valence-corrected chi connectivity index (χ3v) is 2.98. The molecule has 84 valence electrons. The Morgan fingerprint density at radius 2 is 2.06 bits per heavy atom. The van der Waals surface area contributed by atoms with Crippen LogP contribution < -0.4 is 0 Å². The maximum Gasteiger partial charge on any atom is 0.124 e. The van der Waals surface area contributed by atoms with E-state index < -0.39 is 0 Å². The molecular weight excluding hydrogens is 198 g/mol. The number of carbonyl (C=O) groups excluding carboxylic acids is 1. The molecule has 1 aliphatic rings. The van der Waals surface area contributed by atoms with Crippen molar-refractivity contribution < 1.29 is 4.79 Å². The SMILES string of the molecule is O=CCC1=CCN(Cc2ccccc2)CC1. The summed E-state index contributed by atoms with van der Waals surface area (Å²) >= 11 is 0. The van der Waals surface area contributed by atoms with E-state index in [4.69, 9.17) is 0 Å². The molecule has 2 nitrogen and oxygen atoms in total. The summed E-state index contributed by atoms with van der Waals surface area (Å²) in [4.78, 5) is 12.8. The van der Waals surface area contributed by atoms with E-state index in [9.17, 15) is 4.79 Å². The van der Waals surface area contributed by atoms with E-state index >= 15 is 0 Å². The molecule has 0 saturated carbocycles. The van der Waals surface area contributed by atoms with Gasteiger partial charge in [0.1, 0.15) is 6.29 Å². The molecule has 0 atom stereocenters. The van der Waals surface area contributed by atoms with Crippen LogP contribution >= 0.6 is 0 Å². The molecule has 16 heavy (non-hydrogen) atoms. The molecule has 0 saturated heterocycles. The first kappa shape index (κ1) is 11.1. The summed E-state index contributed by atoms with van der Waals surface area (Å²) in [5.41, 5.74) is 2.65. The van der Waals surface area contributed by atoms with Gasteiger partial charge in [-0.15, -0.1) is 0 Å². The number of carbonyl (C=O) groups is 1. The maximum atomic E-state index is 10.4. The topological polar surface area (TPSA) is 20.3 Å². The Kier molecular flexibility index (Phi) is 3.89. The van der Waals surface area contributed by atoms with Gasteiger partial charge in [0, 0.05) is 26.1 Å². The van der Waals surface area contributed by atoms with Gasteiger partial charge in [0.05, 0.1) is 0 Å². The fourth-order valence-electron chi connectivity index (χ4n) is 2.03. The molecule has 0 amide bonds. The number of aldehydes is 1. The zero-order valence-corrected chi connectivity index (χ0v) is 9.43. The van der Waals surface area contributed by atoms with Gasteiger partial charge >= 0.3 is 0 Å². The highest BCUT2D eigenvalue weighted by atomic mass is 16.1. The first-order chi connectivity index (χ1) is 7.88. The zero-order chi connectivity index (χ0) is 11.2. The van der Waals surface area contributed by atoms with E-state index in [2.05, 4.69) is 35.2 Å². The van der Waals surface area contributed by atoms with Crippen molar-refractivity contribution in [1.29, 1.82) is 0 Å². The van der Waals surface area contributed by atoms with Crippen molar-refractivity contribution in [3.8, 4) is 0 Å². The molecule has 1 heterocycles. The Balaban J connectivity index is 1.88. The first-order valence-corrected chi connectivity index (χ1v) is 5.76. The summed E-state index contributed by atoms with van der Waals surface area (Å²) in [6.07, 6.45) is 4.84. The summed E-state index contributed by atoms with van der Waals surface area (Å²) in [7, 11) is 0. The molecule has 1 aliphatic heterocycles. The molecule has 0 N–H and O–H groups in total. The summed E-state index contributed by atoms with van der Waals surface area (Å²) < 4.78 is 0. The fraction of sp³-hybridized carbons (Fsp3) is 0.357. The van der Waals surface area contributed by atoms with Crippen LogP contribution in [0.3, 0.4) is 0 Å². The molecular formula is C14H17NO. The highest BCUT2D eigenvalue weighted by Crippen LogP contribution is 2.15. The minimum atomic E-state index is 0.610. The molecule has 2 heteroatoms. The quantitative estimate of drug-likeness (QED) is 0.568. The predicted octanol–water partition coefficient (Wildman–Crippen LogP) is 2.41. The molecule has 2 rings (SSSR count). The Hall–Kier alpha value is -1.41. The van der Waals surface area contributed by atoms with Crippen LogP contribution in [0.5, 0.6) is 0 Å². The van der Waals surface area contributed by atoms with Crippen LogP contribution in [0, 0.1) is 0 Å². The highest BCUT2D eigenvalue weighted by Gasteiger charge is 2.11. The van der Waals surface area contributed by atoms with E-state index in [1.54, 1.807) is 0 Å². The normalized spacial score (nSPS) is 16.9. The lowest BCUT2D eigenvalue weighted by molar-refractivity contribution is -0.107. The van der Waals surface area contributed by atoms with Gasteiger partial charge in [-0.25, -0.2) is 0 Å². The summed E-state index contributed by atoms with van der Waals surface area (Å²) in [5.74, 6) is 0. The smallest absolute Gasteiger partial charge is 0.124 e. The number of benzene rings is 1. The third kappa shape index (κ3) is 3.04. The minimum Gasteiger partial charge on any atom is -0.303 e. The van der Waals surface area contributed by atoms with E-state index in [-0.39, 0.29) is 0 Å². The van der Waals surface area contributed by atoms with Gasteiger partial charge in [0.15, 0.2) is 0 Å². The second kappa shape index (κ2) is 5.61. The Bertz CT molecular complexity index is 370. The number of nitrogens with zero attached hydrogens (tertiary/aromatic N) is 1. The van der Waals surface area contributed by atoms with Gasteiger partial charge in [-0.05, 0) is 12.0 Å². The van der Waals surface area contributed by atoms with Crippen molar-refractivity contribution in [2.75, 3.05) is 13.1 Å². The van der Waals surface area contributed by atoms with Crippen LogP contribution in [-0.4, -0.2) is 24.3 Å². The van der Waals surface area contributed by atoms with Crippen LogP contribution in [0.2, 0.25) is 0 Å². The summed E-state index contributed by atoms with van der Waals surface area (Å²) in [6.45, 7) is 3.04. The van der Waals surface area contributed by atoms with Gasteiger partial charge in [-0.1, -0.05) is 42.0 Å². The number of hydrogen-bond acceptors (Lipinski definition) is 2. The minimum absolute atomic E-state index is 0.610. The third-order valence-electron chi connectivity index (χ3n) is 2.98. The van der Waals surface area contributed by atoms with Crippen molar-refractivity contribution in [1.82, 2.24) is 4.90 Å². The Labute approximate surface area is 96.6 Å². The van der Waals surface area contributed by atoms with Crippen LogP contribution in [0.1, 0.15) is 18.4 Å². The zero-order valence-electron chi connectivity index (χ0n) is 9.43. The van der Waals surface area contributed by atoms with Crippen LogP contribution in [0.4, 0.5) is 0 Å². The van der Waals surface area contributed by atoms with Gasteiger partial charge in [0.25, 0.3) is 0 Å². The Morgan fingerprint density at radius 1 is 1.25 bits per heavy atom. The monoisotopic (exact) mass is 215 g/mol. The first-order valence-electron chi connectivity index (χ1n) is 5.76. The molecule has 0 fully saturated rings. The van der Waals surface area contributed by atoms with Gasteiger partial charge < -0.3 is 4.79 Å². The fourth-order valence-corrected chi connectivity index (χ4v) is 2.03. The van der Waals surface area contributed by atoms with Crippen LogP contribution in [-0.2, 0) is 11.3 Å². The molecule has 1 aromatic carbocycles. The predicted molar refractivity (Wildman–Crippen MR) is 65.1 cm³/mol. The lowest BCUT2D eigenvalue weighted by Gasteiger charge is -2.25. The van der Waals surface area contributed by atoms with E-state index in [0.717, 1.165) is 32.3 Å². The average molecular weight is 215 g/mol. The van der Waals surface area contributed by atoms with Gasteiger partial charge in [0.2, 0.25) is 0 Å². The summed E-state index contributed by atoms with van der Waals surface area (Å²) in [5, 5.41) is 0. The van der Waals surface area contributed by atoms with Crippen molar-refractivity contribution in [2.24, 2.45) is 0 Å². The van der Waals surface area contributed by atoms with Crippen LogP contribution in [0.15, 0.2) is 42.0 Å². The van der Waals surface area contributed by atoms with E-state index in [1.807, 2.05) is 6.07 Å². The molecule has 1 aromatic rings. The highest BCUT2D eigenvalue weighted by molar-refractivity contribution is 5.54. The largest absolute Gasteiger partial charge is 0.303 e. The van der Waals surface area contributed by atoms with Crippen molar-refractivity contribution >= 4 is 6.29 Å². The standard InChI is InChI=1S/C14H17NO/c16-11-8-13-6-9-15(10-7-13)12-14-4-2-1-3-5-14/h1-6,11H,7-10,12H2. The lowest BCUT2D eigenvalue weighted by Crippen LogP contribution is -2.28. The molecule has 0 aliphatic carbocycles. The molecule has 0 radical (unpaired) electrons. The second-order valence-corrected chi connectivity index (χ2v) is 4.20. The lowest BCUT2D eigenvalue weighted by atomic mass is 10.1. The molecule has 0 unspecified atom stereocenters. The maximum absolute atomic E-state index is 10.4. The van der Waals surface area contributed by atoms with E-state index in [1.165, 1.54) is 11.1 Å². The molecule has 0 bridgehead atoms. The Morgan fingerprint density at radius 3 is 2.69 bits per heavy atom. The number of rotatable bonds is 4. The van der Waals surface area contributed by atoms with E-state index in [0.29, 0.717) is 6.42 Å². The van der Waals surface area contributed by atoms with Crippen molar-refractivity contribution in [3.05, 3.63) is 47.5 Å². The number of hydrogen-bond donors (Lipinski definition) is 0. The molecule has 0 aromatic heterocycles. The second-order valence-electron chi connectivity index (χ2n) is 4.20. The van der Waals surface area contributed by atoms with Crippen molar-refractivity contribution in [2.45, 2.75) is 19.4 Å². The average Bonchev–Trinajstić information content (AvgIpc) is 2.33.